The van der Waals surface area contributed by atoms with E-state index in [0.717, 1.165) is 16.4 Å². The molecule has 3 aromatic heterocycles. The van der Waals surface area contributed by atoms with Crippen LogP contribution in [0.4, 0.5) is 5.95 Å². The number of hydrogen-bond donors (Lipinski definition) is 2. The van der Waals surface area contributed by atoms with E-state index in [1.54, 1.807) is 12.3 Å². The van der Waals surface area contributed by atoms with E-state index in [2.05, 4.69) is 30.5 Å². The summed E-state index contributed by atoms with van der Waals surface area (Å²) in [4.78, 5) is 23.7. The quantitative estimate of drug-likeness (QED) is 0.701. The largest absolute Gasteiger partial charge is 0.478 e. The number of aromatic carboxylic acids is 1. The molecule has 0 aliphatic carbocycles. The number of pyridine rings is 1. The van der Waals surface area contributed by atoms with Crippen molar-refractivity contribution in [3.63, 3.8) is 0 Å². The first-order chi connectivity index (χ1) is 11.7. The minimum atomic E-state index is -1.01. The Hall–Kier alpha value is -2.94. The third-order valence-corrected chi connectivity index (χ3v) is 4.20. The van der Waals surface area contributed by atoms with Gasteiger partial charge in [-0.3, -0.25) is 4.98 Å². The highest BCUT2D eigenvalue weighted by atomic mass is 32.1. The number of nitrogens with one attached hydrogen (secondary N) is 1. The molecule has 3 aromatic rings. The van der Waals surface area contributed by atoms with Crippen molar-refractivity contribution in [1.29, 1.82) is 0 Å². The number of carboxylic acid groups (broad SMARTS) is 1. The van der Waals surface area contributed by atoms with Gasteiger partial charge in [0.15, 0.2) is 0 Å². The van der Waals surface area contributed by atoms with Gasteiger partial charge in [-0.1, -0.05) is 18.3 Å². The summed E-state index contributed by atoms with van der Waals surface area (Å²) in [6.07, 6.45) is 3.90. The minimum Gasteiger partial charge on any atom is -0.478 e. The zero-order valence-corrected chi connectivity index (χ0v) is 13.6. The Kier molecular flexibility index (Phi) is 4.71. The highest BCUT2D eigenvalue weighted by Crippen LogP contribution is 2.17. The number of aromatic nitrogens is 5. The molecular formula is C15H14N6O2S. The van der Waals surface area contributed by atoms with E-state index >= 15 is 0 Å². The van der Waals surface area contributed by atoms with Gasteiger partial charge >= 0.3 is 5.97 Å². The topological polar surface area (TPSA) is 114 Å². The molecule has 0 aliphatic heterocycles. The molecule has 122 valence electrons. The molecule has 3 heterocycles. The number of nitrogens with zero attached hydrogens (tertiary/aromatic N) is 5. The van der Waals surface area contributed by atoms with Crippen molar-refractivity contribution in [3.8, 4) is 11.4 Å². The van der Waals surface area contributed by atoms with Gasteiger partial charge in [0.25, 0.3) is 0 Å². The van der Waals surface area contributed by atoms with Crippen LogP contribution in [0.15, 0.2) is 30.6 Å². The van der Waals surface area contributed by atoms with Crippen molar-refractivity contribution >= 4 is 23.3 Å². The minimum absolute atomic E-state index is 0.161. The van der Waals surface area contributed by atoms with Crippen LogP contribution in [0.2, 0.25) is 0 Å². The Morgan fingerprint density at radius 2 is 1.96 bits per heavy atom. The van der Waals surface area contributed by atoms with Crippen LogP contribution < -0.4 is 5.32 Å². The lowest BCUT2D eigenvalue weighted by molar-refractivity contribution is 0.0697. The summed E-state index contributed by atoms with van der Waals surface area (Å²) in [5, 5.41) is 22.1. The molecule has 0 unspecified atom stereocenters. The molecular weight excluding hydrogens is 328 g/mol. The van der Waals surface area contributed by atoms with E-state index in [4.69, 9.17) is 5.11 Å². The first kappa shape index (κ1) is 15.9. The predicted octanol–water partition coefficient (Wildman–Crippen LogP) is 2.26. The third kappa shape index (κ3) is 3.69. The van der Waals surface area contributed by atoms with Crippen molar-refractivity contribution < 1.29 is 9.90 Å². The average Bonchev–Trinajstić information content (AvgIpc) is 3.08. The number of hydrogen-bond acceptors (Lipinski definition) is 8. The number of rotatable bonds is 6. The Balaban J connectivity index is 1.76. The molecule has 3 rings (SSSR count). The molecule has 0 saturated heterocycles. The SMILES string of the molecule is CCc1nnc(CNc2nccc(-c3cc(C(=O)O)ccn3)n2)s1. The summed E-state index contributed by atoms with van der Waals surface area (Å²) < 4.78 is 0. The van der Waals surface area contributed by atoms with E-state index < -0.39 is 5.97 Å². The Bertz CT molecular complexity index is 866. The van der Waals surface area contributed by atoms with Crippen LogP contribution in [-0.4, -0.2) is 36.2 Å². The van der Waals surface area contributed by atoms with E-state index in [-0.39, 0.29) is 5.56 Å². The Morgan fingerprint density at radius 3 is 2.71 bits per heavy atom. The lowest BCUT2D eigenvalue weighted by Gasteiger charge is -2.05. The molecule has 9 heteroatoms. The summed E-state index contributed by atoms with van der Waals surface area (Å²) >= 11 is 1.54. The maximum absolute atomic E-state index is 11.1. The highest BCUT2D eigenvalue weighted by Gasteiger charge is 2.09. The van der Waals surface area contributed by atoms with Crippen LogP contribution >= 0.6 is 11.3 Å². The normalized spacial score (nSPS) is 10.5. The van der Waals surface area contributed by atoms with Gasteiger partial charge in [-0.15, -0.1) is 10.2 Å². The predicted molar refractivity (Wildman–Crippen MR) is 88.8 cm³/mol. The summed E-state index contributed by atoms with van der Waals surface area (Å²) in [7, 11) is 0. The first-order valence-corrected chi connectivity index (χ1v) is 8.05. The molecule has 24 heavy (non-hydrogen) atoms. The smallest absolute Gasteiger partial charge is 0.335 e. The molecule has 0 aliphatic rings. The maximum atomic E-state index is 11.1. The second kappa shape index (κ2) is 7.09. The summed E-state index contributed by atoms with van der Waals surface area (Å²) in [5.41, 5.74) is 1.18. The maximum Gasteiger partial charge on any atom is 0.335 e. The number of carbonyl (C=O) groups is 1. The van der Waals surface area contributed by atoms with Gasteiger partial charge in [0.1, 0.15) is 10.0 Å². The zero-order chi connectivity index (χ0) is 16.9. The Morgan fingerprint density at radius 1 is 1.17 bits per heavy atom. The number of anilines is 1. The molecule has 0 fully saturated rings. The second-order valence-corrected chi connectivity index (χ2v) is 5.94. The van der Waals surface area contributed by atoms with Gasteiger partial charge in [0, 0.05) is 12.4 Å². The van der Waals surface area contributed by atoms with E-state index in [1.807, 2.05) is 6.92 Å². The molecule has 0 aromatic carbocycles. The lowest BCUT2D eigenvalue weighted by Crippen LogP contribution is -2.04. The molecule has 0 spiro atoms. The molecule has 0 saturated carbocycles. The molecule has 8 nitrogen and oxygen atoms in total. The van der Waals surface area contributed by atoms with Gasteiger partial charge in [-0.05, 0) is 24.6 Å². The van der Waals surface area contributed by atoms with E-state index in [1.165, 1.54) is 29.7 Å². The van der Waals surface area contributed by atoms with Gasteiger partial charge < -0.3 is 10.4 Å². The third-order valence-electron chi connectivity index (χ3n) is 3.13. The van der Waals surface area contributed by atoms with Crippen LogP contribution in [0.5, 0.6) is 0 Å². The molecule has 2 N–H and O–H groups in total. The van der Waals surface area contributed by atoms with Crippen molar-refractivity contribution in [2.75, 3.05) is 5.32 Å². The molecule has 0 bridgehead atoms. The lowest BCUT2D eigenvalue weighted by atomic mass is 10.2. The Labute approximate surface area is 141 Å². The van der Waals surface area contributed by atoms with E-state index in [9.17, 15) is 4.79 Å². The van der Waals surface area contributed by atoms with E-state index in [0.29, 0.717) is 23.9 Å². The van der Waals surface area contributed by atoms with Gasteiger partial charge in [0.05, 0.1) is 23.5 Å². The summed E-state index contributed by atoms with van der Waals surface area (Å²) in [5.74, 6) is -0.586. The van der Waals surface area contributed by atoms with Crippen LogP contribution in [-0.2, 0) is 13.0 Å². The monoisotopic (exact) mass is 342 g/mol. The molecule has 0 radical (unpaired) electrons. The van der Waals surface area contributed by atoms with Crippen molar-refractivity contribution in [2.24, 2.45) is 0 Å². The average molecular weight is 342 g/mol. The van der Waals surface area contributed by atoms with Crippen LogP contribution in [0.1, 0.15) is 27.3 Å². The fourth-order valence-corrected chi connectivity index (χ4v) is 2.67. The second-order valence-electron chi connectivity index (χ2n) is 4.80. The summed E-state index contributed by atoms with van der Waals surface area (Å²) in [6.45, 7) is 2.51. The molecule has 0 amide bonds. The fraction of sp³-hybridized carbons (Fsp3) is 0.200. The van der Waals surface area contributed by atoms with Crippen LogP contribution in [0.3, 0.4) is 0 Å². The van der Waals surface area contributed by atoms with Crippen molar-refractivity contribution in [2.45, 2.75) is 19.9 Å². The fourth-order valence-electron chi connectivity index (χ4n) is 1.95. The summed E-state index contributed by atoms with van der Waals surface area (Å²) in [6, 6.07) is 4.60. The highest BCUT2D eigenvalue weighted by molar-refractivity contribution is 7.11. The van der Waals surface area contributed by atoms with Crippen LogP contribution in [0, 0.1) is 0 Å². The molecule has 0 atom stereocenters. The van der Waals surface area contributed by atoms with Crippen molar-refractivity contribution in [3.05, 3.63) is 46.2 Å². The van der Waals surface area contributed by atoms with Gasteiger partial charge in [0.2, 0.25) is 5.95 Å². The number of carboxylic acids is 1. The zero-order valence-electron chi connectivity index (χ0n) is 12.8. The first-order valence-electron chi connectivity index (χ1n) is 7.23. The van der Waals surface area contributed by atoms with Gasteiger partial charge in [-0.2, -0.15) is 0 Å². The van der Waals surface area contributed by atoms with Crippen molar-refractivity contribution in [1.82, 2.24) is 25.1 Å². The number of aryl methyl sites for hydroxylation is 1. The van der Waals surface area contributed by atoms with Crippen LogP contribution in [0.25, 0.3) is 11.4 Å². The standard InChI is InChI=1S/C15H14N6O2S/c1-2-12-20-21-13(24-12)8-18-15-17-6-4-10(19-15)11-7-9(14(22)23)3-5-16-11/h3-7H,2,8H2,1H3,(H,22,23)(H,17,18,19). The van der Waals surface area contributed by atoms with Gasteiger partial charge in [-0.25, -0.2) is 14.8 Å².